The molecule has 2 heterocycles. The third-order valence-corrected chi connectivity index (χ3v) is 4.66. The first-order chi connectivity index (χ1) is 13.1. The maximum absolute atomic E-state index is 12.6. The van der Waals surface area contributed by atoms with E-state index < -0.39 is 0 Å². The van der Waals surface area contributed by atoms with Crippen molar-refractivity contribution >= 4 is 17.3 Å². The number of nitrogens with zero attached hydrogens (tertiary/aromatic N) is 3. The number of pyridine rings is 1. The molecule has 1 saturated heterocycles. The number of carbonyl (C=O) groups excluding carboxylic acids is 1. The molecule has 0 radical (unpaired) electrons. The highest BCUT2D eigenvalue weighted by molar-refractivity contribution is 6.03. The van der Waals surface area contributed by atoms with Gasteiger partial charge in [-0.05, 0) is 44.7 Å². The molecule has 0 aliphatic carbocycles. The fourth-order valence-corrected chi connectivity index (χ4v) is 3.14. The third-order valence-electron chi connectivity index (χ3n) is 4.66. The van der Waals surface area contributed by atoms with Gasteiger partial charge in [0.15, 0.2) is 0 Å². The predicted molar refractivity (Wildman–Crippen MR) is 109 cm³/mol. The van der Waals surface area contributed by atoms with E-state index in [9.17, 15) is 4.79 Å². The number of hydrogen-bond acceptors (Lipinski definition) is 5. The molecule has 3 rings (SSSR count). The van der Waals surface area contributed by atoms with Crippen molar-refractivity contribution in [2.45, 2.75) is 26.9 Å². The van der Waals surface area contributed by atoms with Crippen molar-refractivity contribution in [1.29, 1.82) is 0 Å². The Kier molecular flexibility index (Phi) is 6.29. The first-order valence-electron chi connectivity index (χ1n) is 9.57. The van der Waals surface area contributed by atoms with Gasteiger partial charge in [-0.3, -0.25) is 4.79 Å². The lowest BCUT2D eigenvalue weighted by Crippen LogP contribution is -2.46. The van der Waals surface area contributed by atoms with E-state index in [-0.39, 0.29) is 12.0 Å². The van der Waals surface area contributed by atoms with Crippen molar-refractivity contribution in [3.63, 3.8) is 0 Å². The van der Waals surface area contributed by atoms with Crippen LogP contribution in [0.4, 0.5) is 11.4 Å². The first kappa shape index (κ1) is 19.2. The fourth-order valence-electron chi connectivity index (χ4n) is 3.14. The molecule has 0 bridgehead atoms. The van der Waals surface area contributed by atoms with E-state index in [1.807, 2.05) is 44.2 Å². The van der Waals surface area contributed by atoms with Crippen LogP contribution in [-0.2, 0) is 0 Å². The van der Waals surface area contributed by atoms with Gasteiger partial charge in [-0.1, -0.05) is 19.1 Å². The topological polar surface area (TPSA) is 57.7 Å². The molecular formula is C21H28N4O2. The lowest BCUT2D eigenvalue weighted by molar-refractivity contribution is 0.102. The highest BCUT2D eigenvalue weighted by atomic mass is 16.5. The molecule has 27 heavy (non-hydrogen) atoms. The number of nitrogens with one attached hydrogen (secondary N) is 1. The van der Waals surface area contributed by atoms with Gasteiger partial charge >= 0.3 is 0 Å². The van der Waals surface area contributed by atoms with Crippen LogP contribution in [0.5, 0.6) is 5.75 Å². The normalized spacial score (nSPS) is 15.0. The molecule has 144 valence electrons. The second kappa shape index (κ2) is 8.86. The van der Waals surface area contributed by atoms with Gasteiger partial charge in [0, 0.05) is 26.2 Å². The number of rotatable bonds is 6. The van der Waals surface area contributed by atoms with Gasteiger partial charge in [-0.25, -0.2) is 4.98 Å². The molecule has 1 fully saturated rings. The summed E-state index contributed by atoms with van der Waals surface area (Å²) in [5, 5.41) is 2.90. The molecule has 1 amide bonds. The van der Waals surface area contributed by atoms with Gasteiger partial charge in [0.05, 0.1) is 23.7 Å². The number of para-hydroxylation sites is 2. The molecule has 1 aliphatic rings. The van der Waals surface area contributed by atoms with Gasteiger partial charge in [0.1, 0.15) is 11.4 Å². The molecule has 1 N–H and O–H groups in total. The molecule has 1 aromatic carbocycles. The summed E-state index contributed by atoms with van der Waals surface area (Å²) in [4.78, 5) is 21.7. The molecule has 0 unspecified atom stereocenters. The molecule has 0 spiro atoms. The molecule has 6 heteroatoms. The Hall–Kier alpha value is -2.60. The Labute approximate surface area is 161 Å². The second-order valence-corrected chi connectivity index (χ2v) is 6.94. The van der Waals surface area contributed by atoms with Gasteiger partial charge in [-0.15, -0.1) is 0 Å². The van der Waals surface area contributed by atoms with Crippen LogP contribution in [0.25, 0.3) is 0 Å². The quantitative estimate of drug-likeness (QED) is 0.848. The third kappa shape index (κ3) is 4.98. The van der Waals surface area contributed by atoms with Crippen LogP contribution < -0.4 is 15.0 Å². The number of carbonyl (C=O) groups is 1. The number of benzene rings is 1. The zero-order valence-electron chi connectivity index (χ0n) is 16.3. The summed E-state index contributed by atoms with van der Waals surface area (Å²) in [6.07, 6.45) is 1.82. The Bertz CT molecular complexity index is 753. The van der Waals surface area contributed by atoms with E-state index >= 15 is 0 Å². The molecule has 1 aliphatic heterocycles. The van der Waals surface area contributed by atoms with Crippen molar-refractivity contribution in [2.75, 3.05) is 42.9 Å². The Morgan fingerprint density at radius 3 is 2.52 bits per heavy atom. The second-order valence-electron chi connectivity index (χ2n) is 6.94. The van der Waals surface area contributed by atoms with Crippen molar-refractivity contribution < 1.29 is 9.53 Å². The van der Waals surface area contributed by atoms with E-state index in [2.05, 4.69) is 27.0 Å². The monoisotopic (exact) mass is 368 g/mol. The lowest BCUT2D eigenvalue weighted by atomic mass is 10.2. The summed E-state index contributed by atoms with van der Waals surface area (Å²) in [6, 6.07) is 11.2. The van der Waals surface area contributed by atoms with Crippen molar-refractivity contribution in [3.8, 4) is 5.75 Å². The van der Waals surface area contributed by atoms with E-state index in [0.29, 0.717) is 17.1 Å². The molecule has 6 nitrogen and oxygen atoms in total. The number of ether oxygens (including phenoxy) is 1. The van der Waals surface area contributed by atoms with Gasteiger partial charge in [-0.2, -0.15) is 0 Å². The maximum Gasteiger partial charge on any atom is 0.274 e. The van der Waals surface area contributed by atoms with Gasteiger partial charge in [0.25, 0.3) is 5.91 Å². The van der Waals surface area contributed by atoms with Crippen LogP contribution in [0.3, 0.4) is 0 Å². The van der Waals surface area contributed by atoms with Crippen LogP contribution in [0, 0.1) is 0 Å². The smallest absolute Gasteiger partial charge is 0.274 e. The van der Waals surface area contributed by atoms with Crippen LogP contribution in [-0.4, -0.2) is 54.6 Å². The molecular weight excluding hydrogens is 340 g/mol. The van der Waals surface area contributed by atoms with E-state index in [4.69, 9.17) is 4.74 Å². The van der Waals surface area contributed by atoms with Crippen LogP contribution in [0.15, 0.2) is 42.6 Å². The first-order valence-corrected chi connectivity index (χ1v) is 9.57. The number of hydrogen-bond donors (Lipinski definition) is 1. The van der Waals surface area contributed by atoms with E-state index in [1.54, 1.807) is 12.3 Å². The number of piperazine rings is 1. The fraction of sp³-hybridized carbons (Fsp3) is 0.429. The summed E-state index contributed by atoms with van der Waals surface area (Å²) >= 11 is 0. The van der Waals surface area contributed by atoms with Crippen molar-refractivity contribution in [2.24, 2.45) is 0 Å². The van der Waals surface area contributed by atoms with Crippen molar-refractivity contribution in [3.05, 3.63) is 48.3 Å². The molecule has 0 atom stereocenters. The van der Waals surface area contributed by atoms with Gasteiger partial charge in [0.2, 0.25) is 0 Å². The van der Waals surface area contributed by atoms with Crippen LogP contribution in [0.1, 0.15) is 31.3 Å². The average Bonchev–Trinajstić information content (AvgIpc) is 2.69. The summed E-state index contributed by atoms with van der Waals surface area (Å²) in [5.41, 5.74) is 2.11. The maximum atomic E-state index is 12.6. The minimum atomic E-state index is -0.239. The molecule has 2 aromatic rings. The zero-order chi connectivity index (χ0) is 19.2. The van der Waals surface area contributed by atoms with Crippen LogP contribution in [0.2, 0.25) is 0 Å². The Morgan fingerprint density at radius 2 is 1.89 bits per heavy atom. The van der Waals surface area contributed by atoms with E-state index in [1.165, 1.54) is 0 Å². The molecule has 1 aromatic heterocycles. The van der Waals surface area contributed by atoms with Crippen molar-refractivity contribution in [1.82, 2.24) is 9.88 Å². The number of likely N-dealkylation sites (N-methyl/N-ethyl adjacent to an activating group) is 1. The van der Waals surface area contributed by atoms with Crippen LogP contribution >= 0.6 is 0 Å². The van der Waals surface area contributed by atoms with E-state index in [0.717, 1.165) is 38.4 Å². The SMILES string of the molecule is CCN1CCN(c2ccc(C(=O)Nc3ccccc3OC(C)C)nc2)CC1. The summed E-state index contributed by atoms with van der Waals surface area (Å²) in [6.45, 7) is 11.3. The minimum Gasteiger partial charge on any atom is -0.489 e. The number of amides is 1. The highest BCUT2D eigenvalue weighted by Gasteiger charge is 2.17. The minimum absolute atomic E-state index is 0.0358. The summed E-state index contributed by atoms with van der Waals surface area (Å²) in [7, 11) is 0. The zero-order valence-corrected chi connectivity index (χ0v) is 16.3. The predicted octanol–water partition coefficient (Wildman–Crippen LogP) is 3.26. The Balaban J connectivity index is 1.65. The highest BCUT2D eigenvalue weighted by Crippen LogP contribution is 2.25. The Morgan fingerprint density at radius 1 is 1.15 bits per heavy atom. The number of aromatic nitrogens is 1. The lowest BCUT2D eigenvalue weighted by Gasteiger charge is -2.35. The summed E-state index contributed by atoms with van der Waals surface area (Å²) < 4.78 is 5.75. The van der Waals surface area contributed by atoms with Gasteiger partial charge < -0.3 is 19.9 Å². The molecule has 0 saturated carbocycles. The largest absolute Gasteiger partial charge is 0.489 e. The number of anilines is 2. The summed E-state index contributed by atoms with van der Waals surface area (Å²) in [5.74, 6) is 0.420. The standard InChI is InChI=1S/C21H28N4O2/c1-4-24-11-13-25(14-12-24)17-9-10-19(22-15-17)21(26)23-18-7-5-6-8-20(18)27-16(2)3/h5-10,15-16H,4,11-14H2,1-3H3,(H,23,26). The average molecular weight is 368 g/mol.